The first-order valence-electron chi connectivity index (χ1n) is 10.6. The van der Waals surface area contributed by atoms with Gasteiger partial charge in [0.15, 0.2) is 0 Å². The molecule has 10 heteroatoms. The van der Waals surface area contributed by atoms with Crippen LogP contribution < -0.4 is 16.8 Å². The summed E-state index contributed by atoms with van der Waals surface area (Å²) in [5.41, 5.74) is 12.3. The van der Waals surface area contributed by atoms with Crippen LogP contribution in [0.25, 0.3) is 5.69 Å². The number of unbranched alkanes of at least 4 members (excludes halogenated alkanes) is 1. The van der Waals surface area contributed by atoms with Gasteiger partial charge < -0.3 is 26.5 Å². The number of aliphatic carboxylic acids is 1. The molecule has 0 amide bonds. The smallest absolute Gasteiger partial charge is 0.418 e. The van der Waals surface area contributed by atoms with Gasteiger partial charge in [0.25, 0.3) is 0 Å². The minimum Gasteiger partial charge on any atom is -0.480 e. The van der Waals surface area contributed by atoms with Gasteiger partial charge in [0.1, 0.15) is 6.54 Å². The van der Waals surface area contributed by atoms with Gasteiger partial charge in [-0.3, -0.25) is 4.79 Å². The van der Waals surface area contributed by atoms with Gasteiger partial charge in [-0.1, -0.05) is 18.2 Å². The molecular weight excluding hydrogens is 447 g/mol. The number of benzene rings is 2. The summed E-state index contributed by atoms with van der Waals surface area (Å²) in [7, 11) is 0. The van der Waals surface area contributed by atoms with E-state index in [-0.39, 0.29) is 17.1 Å². The number of nitrogens with zero attached hydrogens (tertiary/aromatic N) is 2. The Morgan fingerprint density at radius 1 is 1.12 bits per heavy atom. The molecular formula is C24H26F3N5O2. The van der Waals surface area contributed by atoms with Gasteiger partial charge in [0.05, 0.1) is 34.1 Å². The van der Waals surface area contributed by atoms with E-state index in [4.69, 9.17) is 16.6 Å². The highest BCUT2D eigenvalue weighted by Gasteiger charge is 2.35. The predicted molar refractivity (Wildman–Crippen MR) is 127 cm³/mol. The molecule has 3 rings (SSSR count). The first kappa shape index (κ1) is 24.7. The second-order valence-corrected chi connectivity index (χ2v) is 7.77. The number of halogens is 3. The Labute approximate surface area is 194 Å². The lowest BCUT2D eigenvalue weighted by Crippen LogP contribution is -2.16. The van der Waals surface area contributed by atoms with Crippen molar-refractivity contribution in [1.29, 1.82) is 0 Å². The standard InChI is InChI=1S/C24H26F3N5O2/c25-24(26,27)18-12-19(28)20(30-14-23(33)34)13-21(18)32-11-10-16(15-32)6-4-5-9-22(29)31-17-7-2-1-3-8-17/h1-3,7-8,10-13,15,30H,4-6,9,14,28H2,(H2,29,31)(H,33,34). The minimum atomic E-state index is -4.63. The fourth-order valence-electron chi connectivity index (χ4n) is 3.47. The molecule has 0 fully saturated rings. The fourth-order valence-corrected chi connectivity index (χ4v) is 3.47. The number of anilines is 2. The number of nitrogen functional groups attached to an aromatic ring is 1. The van der Waals surface area contributed by atoms with E-state index >= 15 is 0 Å². The van der Waals surface area contributed by atoms with E-state index in [1.807, 2.05) is 30.3 Å². The highest BCUT2D eigenvalue weighted by Crippen LogP contribution is 2.38. The Bertz CT molecular complexity index is 1160. The zero-order valence-electron chi connectivity index (χ0n) is 18.3. The predicted octanol–water partition coefficient (Wildman–Crippen LogP) is 4.98. The Kier molecular flexibility index (Phi) is 7.83. The maximum atomic E-state index is 13.6. The monoisotopic (exact) mass is 473 g/mol. The van der Waals surface area contributed by atoms with Crippen molar-refractivity contribution in [3.63, 3.8) is 0 Å². The molecule has 0 aliphatic rings. The van der Waals surface area contributed by atoms with E-state index in [9.17, 15) is 18.0 Å². The summed E-state index contributed by atoms with van der Waals surface area (Å²) in [4.78, 5) is 15.2. The van der Waals surface area contributed by atoms with Crippen LogP contribution in [0.4, 0.5) is 30.2 Å². The lowest BCUT2D eigenvalue weighted by Gasteiger charge is -2.17. The molecule has 34 heavy (non-hydrogen) atoms. The van der Waals surface area contributed by atoms with Crippen LogP contribution in [0.5, 0.6) is 0 Å². The molecule has 0 unspecified atom stereocenters. The molecule has 0 aliphatic carbocycles. The Balaban J connectivity index is 1.68. The molecule has 3 aromatic rings. The summed E-state index contributed by atoms with van der Waals surface area (Å²) >= 11 is 0. The van der Waals surface area contributed by atoms with Crippen molar-refractivity contribution in [2.24, 2.45) is 10.7 Å². The van der Waals surface area contributed by atoms with Crippen molar-refractivity contribution in [3.05, 3.63) is 72.1 Å². The lowest BCUT2D eigenvalue weighted by molar-refractivity contribution is -0.137. The van der Waals surface area contributed by atoms with Gasteiger partial charge in [-0.2, -0.15) is 13.2 Å². The summed E-state index contributed by atoms with van der Waals surface area (Å²) in [5, 5.41) is 11.4. The number of alkyl halides is 3. The third kappa shape index (κ3) is 6.77. The van der Waals surface area contributed by atoms with Gasteiger partial charge in [-0.05, 0) is 55.2 Å². The van der Waals surface area contributed by atoms with Crippen LogP contribution in [0.15, 0.2) is 65.9 Å². The third-order valence-electron chi connectivity index (χ3n) is 5.11. The number of para-hydroxylation sites is 1. The number of hydrogen-bond acceptors (Lipinski definition) is 4. The van der Waals surface area contributed by atoms with Crippen LogP contribution in [0.2, 0.25) is 0 Å². The van der Waals surface area contributed by atoms with Crippen LogP contribution >= 0.6 is 0 Å². The van der Waals surface area contributed by atoms with Crippen molar-refractivity contribution < 1.29 is 23.1 Å². The molecule has 0 saturated heterocycles. The number of rotatable bonds is 10. The van der Waals surface area contributed by atoms with Crippen LogP contribution in [-0.4, -0.2) is 28.0 Å². The fraction of sp³-hybridized carbons (Fsp3) is 0.250. The van der Waals surface area contributed by atoms with E-state index in [1.54, 1.807) is 18.5 Å². The van der Waals surface area contributed by atoms with Crippen LogP contribution in [0.3, 0.4) is 0 Å². The van der Waals surface area contributed by atoms with Crippen LogP contribution in [-0.2, 0) is 17.4 Å². The molecule has 6 N–H and O–H groups in total. The number of aliphatic imine (C=N–C) groups is 1. The molecule has 2 aromatic carbocycles. The Morgan fingerprint density at radius 3 is 2.53 bits per heavy atom. The van der Waals surface area contributed by atoms with E-state index in [0.29, 0.717) is 18.7 Å². The number of carboxylic acid groups (broad SMARTS) is 1. The summed E-state index contributed by atoms with van der Waals surface area (Å²) in [6, 6.07) is 13.2. The first-order chi connectivity index (χ1) is 16.1. The van der Waals surface area contributed by atoms with E-state index in [2.05, 4.69) is 10.3 Å². The maximum Gasteiger partial charge on any atom is 0.418 e. The van der Waals surface area contributed by atoms with Gasteiger partial charge in [-0.15, -0.1) is 0 Å². The average molecular weight is 473 g/mol. The quantitative estimate of drug-likeness (QED) is 0.143. The molecule has 180 valence electrons. The molecule has 0 saturated carbocycles. The van der Waals surface area contributed by atoms with E-state index < -0.39 is 24.3 Å². The third-order valence-corrected chi connectivity index (χ3v) is 5.11. The topological polar surface area (TPSA) is 119 Å². The molecule has 0 bridgehead atoms. The largest absolute Gasteiger partial charge is 0.480 e. The van der Waals surface area contributed by atoms with Crippen molar-refractivity contribution in [3.8, 4) is 5.69 Å². The number of amidine groups is 1. The second kappa shape index (κ2) is 10.8. The first-order valence-corrected chi connectivity index (χ1v) is 10.6. The number of aromatic nitrogens is 1. The summed E-state index contributed by atoms with van der Waals surface area (Å²) in [6.07, 6.45) is 1.39. The zero-order chi connectivity index (χ0) is 24.7. The number of nitrogens with two attached hydrogens (primary N) is 2. The highest BCUT2D eigenvalue weighted by molar-refractivity contribution is 5.83. The molecule has 1 aromatic heterocycles. The van der Waals surface area contributed by atoms with Gasteiger partial charge in [0, 0.05) is 18.8 Å². The number of hydrogen-bond donors (Lipinski definition) is 4. The van der Waals surface area contributed by atoms with Crippen molar-refractivity contribution >= 4 is 28.9 Å². The van der Waals surface area contributed by atoms with Crippen molar-refractivity contribution in [1.82, 2.24) is 4.57 Å². The van der Waals surface area contributed by atoms with Crippen molar-refractivity contribution in [2.75, 3.05) is 17.6 Å². The number of aryl methyl sites for hydroxylation is 1. The molecule has 0 spiro atoms. The molecule has 0 aliphatic heterocycles. The van der Waals surface area contributed by atoms with Gasteiger partial charge >= 0.3 is 12.1 Å². The molecule has 0 radical (unpaired) electrons. The summed E-state index contributed by atoms with van der Waals surface area (Å²) in [6.45, 7) is -0.470. The van der Waals surface area contributed by atoms with Crippen molar-refractivity contribution in [2.45, 2.75) is 31.9 Å². The Morgan fingerprint density at radius 2 is 1.85 bits per heavy atom. The van der Waals surface area contributed by atoms with Gasteiger partial charge in [0.2, 0.25) is 0 Å². The second-order valence-electron chi connectivity index (χ2n) is 7.77. The molecule has 0 atom stereocenters. The molecule has 1 heterocycles. The summed E-state index contributed by atoms with van der Waals surface area (Å²) in [5.74, 6) is -0.625. The SMILES string of the molecule is NC(CCCCc1ccn(-c2cc(NCC(=O)O)c(N)cc2C(F)(F)F)c1)=Nc1ccccc1. The summed E-state index contributed by atoms with van der Waals surface area (Å²) < 4.78 is 42.3. The van der Waals surface area contributed by atoms with Crippen LogP contribution in [0, 0.1) is 0 Å². The minimum absolute atomic E-state index is 0.119. The Hall–Kier alpha value is -3.95. The maximum absolute atomic E-state index is 13.6. The van der Waals surface area contributed by atoms with Crippen LogP contribution in [0.1, 0.15) is 30.4 Å². The zero-order valence-corrected chi connectivity index (χ0v) is 18.3. The number of carbonyl (C=O) groups is 1. The van der Waals surface area contributed by atoms with E-state index in [1.165, 1.54) is 10.6 Å². The highest BCUT2D eigenvalue weighted by atomic mass is 19.4. The normalized spacial score (nSPS) is 12.0. The number of nitrogens with one attached hydrogen (secondary N) is 1. The lowest BCUT2D eigenvalue weighted by atomic mass is 10.1. The number of carboxylic acids is 1. The molecule has 7 nitrogen and oxygen atoms in total. The van der Waals surface area contributed by atoms with Gasteiger partial charge in [-0.25, -0.2) is 4.99 Å². The average Bonchev–Trinajstić information content (AvgIpc) is 3.24. The van der Waals surface area contributed by atoms with E-state index in [0.717, 1.165) is 30.2 Å².